The lowest BCUT2D eigenvalue weighted by Crippen LogP contribution is -2.10. The fourth-order valence-corrected chi connectivity index (χ4v) is 3.30. The lowest BCUT2D eigenvalue weighted by Gasteiger charge is -2.18. The van der Waals surface area contributed by atoms with E-state index in [1.807, 2.05) is 12.1 Å². The molecule has 0 heterocycles. The third kappa shape index (κ3) is 7.84. The summed E-state index contributed by atoms with van der Waals surface area (Å²) < 4.78 is 11.2. The molecule has 0 spiro atoms. The maximum Gasteiger partial charge on any atom is 0.343 e. The first-order chi connectivity index (χ1) is 16.3. The van der Waals surface area contributed by atoms with Crippen LogP contribution in [0, 0.1) is 0 Å². The van der Waals surface area contributed by atoms with Crippen molar-refractivity contribution in [1.29, 1.82) is 0 Å². The molecule has 0 saturated carbocycles. The minimum absolute atomic E-state index is 0.104. The van der Waals surface area contributed by atoms with Gasteiger partial charge in [0.15, 0.2) is 0 Å². The molecule has 0 saturated heterocycles. The van der Waals surface area contributed by atoms with E-state index in [-0.39, 0.29) is 5.41 Å². The number of rotatable bonds is 10. The van der Waals surface area contributed by atoms with E-state index in [1.54, 1.807) is 48.5 Å². The maximum atomic E-state index is 12.4. The largest absolute Gasteiger partial charge is 0.494 e. The molecule has 0 aliphatic heterocycles. The zero-order chi connectivity index (χ0) is 24.4. The van der Waals surface area contributed by atoms with Crippen LogP contribution in [0.5, 0.6) is 11.5 Å². The molecule has 5 nitrogen and oxygen atoms in total. The summed E-state index contributed by atoms with van der Waals surface area (Å²) >= 11 is 0. The van der Waals surface area contributed by atoms with Gasteiger partial charge in [0.2, 0.25) is 0 Å². The first-order valence-corrected chi connectivity index (χ1v) is 11.9. The Kier molecular flexibility index (Phi) is 8.97. The third-order valence-electron chi connectivity index (χ3n) is 5.42. The lowest BCUT2D eigenvalue weighted by molar-refractivity contribution is 0.0734. The van der Waals surface area contributed by atoms with E-state index in [2.05, 4.69) is 50.1 Å². The number of esters is 1. The number of ether oxygens (including phenoxy) is 2. The van der Waals surface area contributed by atoms with Crippen LogP contribution in [0.15, 0.2) is 83.0 Å². The van der Waals surface area contributed by atoms with Crippen LogP contribution in [-0.4, -0.2) is 12.6 Å². The van der Waals surface area contributed by atoms with Gasteiger partial charge in [-0.05, 0) is 78.1 Å². The SMILES string of the molecule is CCCCCCOc1ccc(C(=O)Oc2ccc(N=Nc3ccc(C(C)(C)C)cc3)cc2)cc1. The van der Waals surface area contributed by atoms with Crippen LogP contribution in [-0.2, 0) is 5.41 Å². The Labute approximate surface area is 202 Å². The van der Waals surface area contributed by atoms with E-state index in [1.165, 1.54) is 24.8 Å². The molecular formula is C29H34N2O3. The van der Waals surface area contributed by atoms with Crippen molar-refractivity contribution < 1.29 is 14.3 Å². The zero-order valence-corrected chi connectivity index (χ0v) is 20.6. The van der Waals surface area contributed by atoms with Gasteiger partial charge in [0.25, 0.3) is 0 Å². The minimum Gasteiger partial charge on any atom is -0.494 e. The number of hydrogen-bond acceptors (Lipinski definition) is 5. The quantitative estimate of drug-likeness (QED) is 0.132. The molecule has 0 unspecified atom stereocenters. The van der Waals surface area contributed by atoms with E-state index in [4.69, 9.17) is 9.47 Å². The number of azo groups is 1. The van der Waals surface area contributed by atoms with Crippen molar-refractivity contribution in [3.63, 3.8) is 0 Å². The average molecular weight is 459 g/mol. The number of carbonyl (C=O) groups excluding carboxylic acids is 1. The van der Waals surface area contributed by atoms with Gasteiger partial charge in [0, 0.05) is 0 Å². The monoisotopic (exact) mass is 458 g/mol. The van der Waals surface area contributed by atoms with E-state index >= 15 is 0 Å². The molecule has 34 heavy (non-hydrogen) atoms. The number of hydrogen-bond donors (Lipinski definition) is 0. The molecular weight excluding hydrogens is 424 g/mol. The second-order valence-corrected chi connectivity index (χ2v) is 9.31. The fourth-order valence-electron chi connectivity index (χ4n) is 3.30. The van der Waals surface area contributed by atoms with Crippen molar-refractivity contribution in [3.05, 3.63) is 83.9 Å². The van der Waals surface area contributed by atoms with E-state index in [9.17, 15) is 4.79 Å². The van der Waals surface area contributed by atoms with Gasteiger partial charge in [0.05, 0.1) is 23.5 Å². The third-order valence-corrected chi connectivity index (χ3v) is 5.42. The molecule has 0 bridgehead atoms. The van der Waals surface area contributed by atoms with E-state index < -0.39 is 5.97 Å². The summed E-state index contributed by atoms with van der Waals surface area (Å²) in [6.07, 6.45) is 4.64. The molecule has 3 aromatic carbocycles. The molecule has 0 radical (unpaired) electrons. The standard InChI is InChI=1S/C29H34N2O3/c1-5-6-7-8-21-33-26-17-9-22(10-18-26)28(32)34-27-19-15-25(16-20-27)31-30-24-13-11-23(12-14-24)29(2,3)4/h9-20H,5-8,21H2,1-4H3. The van der Waals surface area contributed by atoms with Crippen LogP contribution in [0.2, 0.25) is 0 Å². The molecule has 3 rings (SSSR count). The molecule has 0 fully saturated rings. The molecule has 0 aliphatic carbocycles. The summed E-state index contributed by atoms with van der Waals surface area (Å²) in [5, 5.41) is 8.56. The minimum atomic E-state index is -0.414. The van der Waals surface area contributed by atoms with Crippen LogP contribution in [0.4, 0.5) is 11.4 Å². The molecule has 0 N–H and O–H groups in total. The van der Waals surface area contributed by atoms with Gasteiger partial charge >= 0.3 is 5.97 Å². The Morgan fingerprint density at radius 3 is 1.85 bits per heavy atom. The van der Waals surface area contributed by atoms with Crippen molar-refractivity contribution in [3.8, 4) is 11.5 Å². The summed E-state index contributed by atoms with van der Waals surface area (Å²) in [7, 11) is 0. The fraction of sp³-hybridized carbons (Fsp3) is 0.345. The van der Waals surface area contributed by atoms with Crippen molar-refractivity contribution in [2.75, 3.05) is 6.61 Å². The summed E-state index contributed by atoms with van der Waals surface area (Å²) in [4.78, 5) is 12.4. The lowest BCUT2D eigenvalue weighted by atomic mass is 9.87. The number of benzene rings is 3. The molecule has 3 aromatic rings. The Morgan fingerprint density at radius 2 is 1.29 bits per heavy atom. The van der Waals surface area contributed by atoms with Gasteiger partial charge in [-0.25, -0.2) is 4.79 Å². The number of carbonyl (C=O) groups is 1. The second kappa shape index (κ2) is 12.1. The van der Waals surface area contributed by atoms with Crippen LogP contribution in [0.1, 0.15) is 69.3 Å². The normalized spacial score (nSPS) is 11.5. The molecule has 0 amide bonds. The van der Waals surface area contributed by atoms with Crippen LogP contribution in [0.25, 0.3) is 0 Å². The Morgan fingerprint density at radius 1 is 0.735 bits per heavy atom. The van der Waals surface area contributed by atoms with Crippen LogP contribution < -0.4 is 9.47 Å². The number of nitrogens with zero attached hydrogens (tertiary/aromatic N) is 2. The summed E-state index contributed by atoms with van der Waals surface area (Å²) in [5.41, 5.74) is 3.30. The highest BCUT2D eigenvalue weighted by Crippen LogP contribution is 2.26. The van der Waals surface area contributed by atoms with Crippen molar-refractivity contribution in [1.82, 2.24) is 0 Å². The van der Waals surface area contributed by atoms with Crippen molar-refractivity contribution in [2.24, 2.45) is 10.2 Å². The first kappa shape index (κ1) is 25.2. The summed E-state index contributed by atoms with van der Waals surface area (Å²) in [6, 6.07) is 22.1. The highest BCUT2D eigenvalue weighted by Gasteiger charge is 2.12. The molecule has 0 aliphatic rings. The van der Waals surface area contributed by atoms with Gasteiger partial charge in [-0.15, -0.1) is 0 Å². The van der Waals surface area contributed by atoms with Gasteiger partial charge in [-0.3, -0.25) is 0 Å². The van der Waals surface area contributed by atoms with Crippen molar-refractivity contribution in [2.45, 2.75) is 58.8 Å². The summed E-state index contributed by atoms with van der Waals surface area (Å²) in [5.74, 6) is 0.799. The summed E-state index contributed by atoms with van der Waals surface area (Å²) in [6.45, 7) is 9.41. The molecule has 178 valence electrons. The van der Waals surface area contributed by atoms with E-state index in [0.717, 1.165) is 17.9 Å². The Balaban J connectivity index is 1.51. The van der Waals surface area contributed by atoms with Gasteiger partial charge in [-0.2, -0.15) is 10.2 Å². The topological polar surface area (TPSA) is 60.2 Å². The molecule has 0 aromatic heterocycles. The maximum absolute atomic E-state index is 12.4. The Bertz CT molecular complexity index is 1060. The van der Waals surface area contributed by atoms with Crippen molar-refractivity contribution >= 4 is 17.3 Å². The predicted molar refractivity (Wildman–Crippen MR) is 137 cm³/mol. The highest BCUT2D eigenvalue weighted by atomic mass is 16.5. The first-order valence-electron chi connectivity index (χ1n) is 11.9. The smallest absolute Gasteiger partial charge is 0.343 e. The second-order valence-electron chi connectivity index (χ2n) is 9.31. The molecule has 0 atom stereocenters. The van der Waals surface area contributed by atoms with Gasteiger partial charge < -0.3 is 9.47 Å². The van der Waals surface area contributed by atoms with Gasteiger partial charge in [0.1, 0.15) is 11.5 Å². The highest BCUT2D eigenvalue weighted by molar-refractivity contribution is 5.91. The average Bonchev–Trinajstić information content (AvgIpc) is 2.83. The Hall–Kier alpha value is -3.47. The molecule has 5 heteroatoms. The zero-order valence-electron chi connectivity index (χ0n) is 20.6. The van der Waals surface area contributed by atoms with Crippen LogP contribution >= 0.6 is 0 Å². The van der Waals surface area contributed by atoms with Crippen LogP contribution in [0.3, 0.4) is 0 Å². The predicted octanol–water partition coefficient (Wildman–Crippen LogP) is 8.58. The van der Waals surface area contributed by atoms with Gasteiger partial charge in [-0.1, -0.05) is 59.1 Å². The number of unbranched alkanes of at least 4 members (excludes halogenated alkanes) is 3. The van der Waals surface area contributed by atoms with E-state index in [0.29, 0.717) is 23.6 Å².